The van der Waals surface area contributed by atoms with Gasteiger partial charge in [0.05, 0.1) is 5.69 Å². The van der Waals surface area contributed by atoms with Crippen molar-refractivity contribution in [2.45, 2.75) is 0 Å². The Hall–Kier alpha value is -1.52. The SMILES string of the molecule is Nc1c(C=O)cc(F)c(F)c1F. The molecule has 0 unspecified atom stereocenters. The minimum absolute atomic E-state index is 0.154. The number of carbonyl (C=O) groups excluding carboxylic acids is 1. The van der Waals surface area contributed by atoms with Gasteiger partial charge >= 0.3 is 0 Å². The molecule has 0 fully saturated rings. The van der Waals surface area contributed by atoms with Gasteiger partial charge in [-0.05, 0) is 6.07 Å². The van der Waals surface area contributed by atoms with Crippen molar-refractivity contribution in [3.63, 3.8) is 0 Å². The lowest BCUT2D eigenvalue weighted by molar-refractivity contribution is 0.112. The van der Waals surface area contributed by atoms with Crippen LogP contribution >= 0.6 is 0 Å². The number of carbonyl (C=O) groups is 1. The van der Waals surface area contributed by atoms with Gasteiger partial charge in [-0.2, -0.15) is 0 Å². The molecule has 0 aliphatic heterocycles. The Kier molecular flexibility index (Phi) is 2.03. The highest BCUT2D eigenvalue weighted by atomic mass is 19.2. The molecule has 0 heterocycles. The van der Waals surface area contributed by atoms with Crippen LogP contribution in [-0.4, -0.2) is 6.29 Å². The third-order valence-electron chi connectivity index (χ3n) is 1.36. The van der Waals surface area contributed by atoms with Gasteiger partial charge in [-0.15, -0.1) is 0 Å². The van der Waals surface area contributed by atoms with Gasteiger partial charge in [0.25, 0.3) is 0 Å². The summed E-state index contributed by atoms with van der Waals surface area (Å²) in [5.41, 5.74) is 3.88. The molecule has 0 bridgehead atoms. The highest BCUT2D eigenvalue weighted by Gasteiger charge is 2.15. The first-order valence-corrected chi connectivity index (χ1v) is 2.96. The zero-order valence-corrected chi connectivity index (χ0v) is 5.77. The molecule has 0 saturated carbocycles. The van der Waals surface area contributed by atoms with E-state index in [1.165, 1.54) is 0 Å². The molecule has 0 aliphatic carbocycles. The topological polar surface area (TPSA) is 43.1 Å². The fourth-order valence-corrected chi connectivity index (χ4v) is 0.725. The second-order valence-corrected chi connectivity index (χ2v) is 2.11. The first-order valence-electron chi connectivity index (χ1n) is 2.96. The lowest BCUT2D eigenvalue weighted by Crippen LogP contribution is -2.02. The number of hydrogen-bond donors (Lipinski definition) is 1. The molecule has 5 heteroatoms. The number of nitrogens with two attached hydrogens (primary N) is 1. The molecule has 0 amide bonds. The van der Waals surface area contributed by atoms with Crippen molar-refractivity contribution in [2.24, 2.45) is 0 Å². The lowest BCUT2D eigenvalue weighted by Gasteiger charge is -2.01. The van der Waals surface area contributed by atoms with Crippen molar-refractivity contribution in [2.75, 3.05) is 5.73 Å². The summed E-state index contributed by atoms with van der Waals surface area (Å²) in [6.45, 7) is 0. The Morgan fingerprint density at radius 1 is 1.25 bits per heavy atom. The summed E-state index contributed by atoms with van der Waals surface area (Å²) >= 11 is 0. The third-order valence-corrected chi connectivity index (χ3v) is 1.36. The first kappa shape index (κ1) is 8.58. The van der Waals surface area contributed by atoms with Crippen molar-refractivity contribution in [1.29, 1.82) is 0 Å². The number of nitrogen functional groups attached to an aromatic ring is 1. The highest BCUT2D eigenvalue weighted by Crippen LogP contribution is 2.20. The van der Waals surface area contributed by atoms with Crippen LogP contribution in [0.25, 0.3) is 0 Å². The fraction of sp³-hybridized carbons (Fsp3) is 0. The van der Waals surface area contributed by atoms with Crippen LogP contribution in [0.1, 0.15) is 10.4 Å². The average Bonchev–Trinajstić information content (AvgIpc) is 2.08. The number of anilines is 1. The van der Waals surface area contributed by atoms with E-state index in [2.05, 4.69) is 0 Å². The Labute approximate surface area is 65.8 Å². The number of benzene rings is 1. The monoisotopic (exact) mass is 175 g/mol. The molecular weight excluding hydrogens is 171 g/mol. The maximum absolute atomic E-state index is 12.5. The standard InChI is InChI=1S/C7H4F3NO/c8-4-1-3(2-12)7(11)6(10)5(4)9/h1-2H,11H2. The Morgan fingerprint density at radius 3 is 2.33 bits per heavy atom. The number of aldehydes is 1. The van der Waals surface area contributed by atoms with Gasteiger partial charge in [0, 0.05) is 5.56 Å². The molecular formula is C7H4F3NO. The largest absolute Gasteiger partial charge is 0.396 e. The van der Waals surface area contributed by atoms with Gasteiger partial charge < -0.3 is 5.73 Å². The van der Waals surface area contributed by atoms with Crippen LogP contribution in [0.4, 0.5) is 18.9 Å². The lowest BCUT2D eigenvalue weighted by atomic mass is 10.2. The van der Waals surface area contributed by atoms with Gasteiger partial charge in [0.15, 0.2) is 23.7 Å². The molecule has 64 valence electrons. The van der Waals surface area contributed by atoms with E-state index < -0.39 is 28.7 Å². The Morgan fingerprint density at radius 2 is 1.83 bits per heavy atom. The molecule has 0 saturated heterocycles. The quantitative estimate of drug-likeness (QED) is 0.399. The van der Waals surface area contributed by atoms with E-state index in [0.717, 1.165) is 0 Å². The average molecular weight is 175 g/mol. The van der Waals surface area contributed by atoms with Gasteiger partial charge in [0.2, 0.25) is 0 Å². The molecule has 0 aromatic heterocycles. The van der Waals surface area contributed by atoms with E-state index in [1.54, 1.807) is 0 Å². The van der Waals surface area contributed by atoms with Crippen molar-refractivity contribution < 1.29 is 18.0 Å². The van der Waals surface area contributed by atoms with Crippen LogP contribution in [0.3, 0.4) is 0 Å². The van der Waals surface area contributed by atoms with Crippen LogP contribution < -0.4 is 5.73 Å². The van der Waals surface area contributed by atoms with Crippen molar-refractivity contribution in [3.8, 4) is 0 Å². The molecule has 2 nitrogen and oxygen atoms in total. The fourth-order valence-electron chi connectivity index (χ4n) is 0.725. The minimum atomic E-state index is -1.67. The van der Waals surface area contributed by atoms with Crippen LogP contribution in [-0.2, 0) is 0 Å². The van der Waals surface area contributed by atoms with E-state index in [-0.39, 0.29) is 6.29 Å². The molecule has 0 atom stereocenters. The molecule has 0 spiro atoms. The molecule has 12 heavy (non-hydrogen) atoms. The van der Waals surface area contributed by atoms with E-state index in [9.17, 15) is 18.0 Å². The molecule has 1 aromatic rings. The summed E-state index contributed by atoms with van der Waals surface area (Å²) in [5.74, 6) is -4.63. The van der Waals surface area contributed by atoms with E-state index in [0.29, 0.717) is 6.07 Å². The summed E-state index contributed by atoms with van der Waals surface area (Å²) in [6, 6.07) is 0.542. The second-order valence-electron chi connectivity index (χ2n) is 2.11. The first-order chi connectivity index (χ1) is 5.57. The molecule has 0 aliphatic rings. The van der Waals surface area contributed by atoms with Crippen LogP contribution in [0.2, 0.25) is 0 Å². The summed E-state index contributed by atoms with van der Waals surface area (Å²) in [7, 11) is 0. The van der Waals surface area contributed by atoms with Gasteiger partial charge in [-0.1, -0.05) is 0 Å². The Balaban J connectivity index is 3.49. The van der Waals surface area contributed by atoms with Crippen molar-refractivity contribution >= 4 is 12.0 Å². The van der Waals surface area contributed by atoms with Crippen LogP contribution in [0.15, 0.2) is 6.07 Å². The minimum Gasteiger partial charge on any atom is -0.396 e. The summed E-state index contributed by atoms with van der Waals surface area (Å²) < 4.78 is 37.3. The smallest absolute Gasteiger partial charge is 0.196 e. The van der Waals surface area contributed by atoms with Crippen molar-refractivity contribution in [3.05, 3.63) is 29.1 Å². The van der Waals surface area contributed by atoms with Gasteiger partial charge in [0.1, 0.15) is 0 Å². The van der Waals surface area contributed by atoms with E-state index >= 15 is 0 Å². The third kappa shape index (κ3) is 1.13. The number of halogens is 3. The highest BCUT2D eigenvalue weighted by molar-refractivity contribution is 5.83. The molecule has 2 N–H and O–H groups in total. The summed E-state index contributed by atoms with van der Waals surface area (Å²) in [6.07, 6.45) is 0.154. The van der Waals surface area contributed by atoms with E-state index in [1.807, 2.05) is 0 Å². The van der Waals surface area contributed by atoms with Crippen LogP contribution in [0.5, 0.6) is 0 Å². The second kappa shape index (κ2) is 2.84. The predicted molar refractivity (Wildman–Crippen MR) is 36.1 cm³/mol. The normalized spacial score (nSPS) is 9.92. The summed E-state index contributed by atoms with van der Waals surface area (Å²) in [4.78, 5) is 10.1. The van der Waals surface area contributed by atoms with Crippen molar-refractivity contribution in [1.82, 2.24) is 0 Å². The zero-order valence-electron chi connectivity index (χ0n) is 5.77. The Bertz CT molecular complexity index is 338. The van der Waals surface area contributed by atoms with Gasteiger partial charge in [-0.25, -0.2) is 13.2 Å². The maximum Gasteiger partial charge on any atom is 0.196 e. The molecule has 0 radical (unpaired) electrons. The molecule has 1 rings (SSSR count). The molecule has 1 aromatic carbocycles. The van der Waals surface area contributed by atoms with Crippen LogP contribution in [0, 0.1) is 17.5 Å². The van der Waals surface area contributed by atoms with Gasteiger partial charge in [-0.3, -0.25) is 4.79 Å². The zero-order chi connectivity index (χ0) is 9.30. The van der Waals surface area contributed by atoms with E-state index in [4.69, 9.17) is 5.73 Å². The summed E-state index contributed by atoms with van der Waals surface area (Å²) in [5, 5.41) is 0. The maximum atomic E-state index is 12.5. The predicted octanol–water partition coefficient (Wildman–Crippen LogP) is 1.50. The number of hydrogen-bond acceptors (Lipinski definition) is 2. The number of rotatable bonds is 1.